The Kier molecular flexibility index (Phi) is 4.99. The highest BCUT2D eigenvalue weighted by atomic mass is 19.4. The van der Waals surface area contributed by atoms with Gasteiger partial charge in [-0.15, -0.1) is 0 Å². The van der Waals surface area contributed by atoms with Gasteiger partial charge in [-0.3, -0.25) is 9.48 Å². The first-order chi connectivity index (χ1) is 13.8. The van der Waals surface area contributed by atoms with Gasteiger partial charge in [0.2, 0.25) is 0 Å². The minimum atomic E-state index is -4.27. The van der Waals surface area contributed by atoms with Crippen molar-refractivity contribution in [2.45, 2.75) is 44.6 Å². The molecule has 3 heterocycles. The number of aryl methyl sites for hydroxylation is 1. The highest BCUT2D eigenvalue weighted by molar-refractivity contribution is 5.93. The van der Waals surface area contributed by atoms with E-state index in [1.165, 1.54) is 12.4 Å². The second-order valence-corrected chi connectivity index (χ2v) is 7.23. The largest absolute Gasteiger partial charge is 0.390 e. The van der Waals surface area contributed by atoms with Crippen molar-refractivity contribution in [3.05, 3.63) is 47.7 Å². The summed E-state index contributed by atoms with van der Waals surface area (Å²) in [6.45, 7) is -0.180. The number of imidazole rings is 1. The molecule has 3 N–H and O–H groups in total. The van der Waals surface area contributed by atoms with Gasteiger partial charge >= 0.3 is 6.18 Å². The van der Waals surface area contributed by atoms with Crippen molar-refractivity contribution in [1.82, 2.24) is 29.7 Å². The Bertz CT molecular complexity index is 1020. The number of alkyl halides is 3. The minimum absolute atomic E-state index is 0.0405. The quantitative estimate of drug-likeness (QED) is 0.625. The average molecular weight is 407 g/mol. The van der Waals surface area contributed by atoms with Crippen molar-refractivity contribution >= 4 is 11.6 Å². The van der Waals surface area contributed by atoms with Gasteiger partial charge in [0.1, 0.15) is 0 Å². The number of carbonyl (C=O) groups excluding carboxylic acids is 1. The summed E-state index contributed by atoms with van der Waals surface area (Å²) in [5.41, 5.74) is 8.57. The molecule has 1 unspecified atom stereocenters. The number of carbonyl (C=O) groups is 1. The van der Waals surface area contributed by atoms with Gasteiger partial charge in [-0.2, -0.15) is 23.4 Å². The molecule has 154 valence electrons. The molecule has 0 aliphatic heterocycles. The van der Waals surface area contributed by atoms with E-state index in [4.69, 9.17) is 5.73 Å². The Morgan fingerprint density at radius 3 is 2.79 bits per heavy atom. The molecule has 0 spiro atoms. The number of nitrogens with zero attached hydrogens (tertiary/aromatic N) is 5. The maximum atomic E-state index is 12.3. The smallest absolute Gasteiger partial charge is 0.346 e. The molecule has 1 aliphatic rings. The molecule has 4 rings (SSSR count). The van der Waals surface area contributed by atoms with E-state index in [0.717, 1.165) is 23.1 Å². The second kappa shape index (κ2) is 7.47. The highest BCUT2D eigenvalue weighted by Crippen LogP contribution is 2.39. The van der Waals surface area contributed by atoms with Crippen molar-refractivity contribution in [2.24, 2.45) is 11.7 Å². The Balaban J connectivity index is 1.36. The zero-order valence-electron chi connectivity index (χ0n) is 15.4. The fourth-order valence-corrected chi connectivity index (χ4v) is 3.05. The van der Waals surface area contributed by atoms with Gasteiger partial charge in [0.05, 0.1) is 42.8 Å². The summed E-state index contributed by atoms with van der Waals surface area (Å²) >= 11 is 0. The van der Waals surface area contributed by atoms with Crippen molar-refractivity contribution < 1.29 is 18.0 Å². The van der Waals surface area contributed by atoms with Gasteiger partial charge in [-0.25, -0.2) is 9.50 Å². The van der Waals surface area contributed by atoms with Crippen LogP contribution in [0.15, 0.2) is 30.9 Å². The third-order valence-corrected chi connectivity index (χ3v) is 4.86. The van der Waals surface area contributed by atoms with Crippen molar-refractivity contribution in [2.75, 3.05) is 0 Å². The maximum absolute atomic E-state index is 12.3. The van der Waals surface area contributed by atoms with E-state index in [9.17, 15) is 18.0 Å². The Labute approximate surface area is 163 Å². The fraction of sp³-hybridized carbons (Fsp3) is 0.444. The van der Waals surface area contributed by atoms with Crippen LogP contribution < -0.4 is 11.1 Å². The minimum Gasteiger partial charge on any atom is -0.346 e. The number of hydrogen-bond donors (Lipinski definition) is 2. The summed E-state index contributed by atoms with van der Waals surface area (Å²) in [4.78, 5) is 16.7. The zero-order chi connectivity index (χ0) is 20.6. The van der Waals surface area contributed by atoms with Crippen LogP contribution in [-0.4, -0.2) is 36.5 Å². The number of nitrogens with two attached hydrogens (primary N) is 1. The van der Waals surface area contributed by atoms with Crippen LogP contribution in [0.5, 0.6) is 0 Å². The van der Waals surface area contributed by atoms with Crippen LogP contribution in [0.3, 0.4) is 0 Å². The fourth-order valence-electron chi connectivity index (χ4n) is 3.05. The number of aromatic nitrogens is 5. The number of halogens is 3. The van der Waals surface area contributed by atoms with Crippen LogP contribution in [0.1, 0.15) is 46.9 Å². The van der Waals surface area contributed by atoms with E-state index in [-0.39, 0.29) is 24.7 Å². The molecule has 1 saturated carbocycles. The Hall–Kier alpha value is -2.95. The molecule has 11 heteroatoms. The highest BCUT2D eigenvalue weighted by Gasteiger charge is 2.30. The molecule has 0 bridgehead atoms. The van der Waals surface area contributed by atoms with Crippen molar-refractivity contribution in [3.63, 3.8) is 0 Å². The van der Waals surface area contributed by atoms with E-state index in [1.54, 1.807) is 16.9 Å². The Morgan fingerprint density at radius 1 is 1.28 bits per heavy atom. The monoisotopic (exact) mass is 407 g/mol. The molecule has 3 aromatic heterocycles. The molecule has 1 atom stereocenters. The maximum Gasteiger partial charge on any atom is 0.390 e. The van der Waals surface area contributed by atoms with E-state index in [2.05, 4.69) is 20.5 Å². The summed E-state index contributed by atoms with van der Waals surface area (Å²) in [6, 6.07) is 1.85. The Morgan fingerprint density at radius 2 is 2.07 bits per heavy atom. The van der Waals surface area contributed by atoms with Crippen LogP contribution in [-0.2, 0) is 13.1 Å². The predicted molar refractivity (Wildman–Crippen MR) is 96.7 cm³/mol. The van der Waals surface area contributed by atoms with Gasteiger partial charge < -0.3 is 11.1 Å². The molecular weight excluding hydrogens is 387 g/mol. The van der Waals surface area contributed by atoms with Gasteiger partial charge in [-0.05, 0) is 30.4 Å². The van der Waals surface area contributed by atoms with Crippen molar-refractivity contribution in [1.29, 1.82) is 0 Å². The first-order valence-electron chi connectivity index (χ1n) is 9.26. The standard InChI is InChI=1S/C18H20F3N7O/c19-18(20,21)3-4-27-9-13(7-24-27)17(29)23-8-14-10-28-15(26-14)5-12(6-25-28)16(22)11-1-2-11/h5-7,9-11,16H,1-4,8,22H2,(H,23,29). The summed E-state index contributed by atoms with van der Waals surface area (Å²) < 4.78 is 39.5. The number of nitrogens with one attached hydrogen (secondary N) is 1. The van der Waals surface area contributed by atoms with Crippen LogP contribution >= 0.6 is 0 Å². The summed E-state index contributed by atoms with van der Waals surface area (Å²) in [6.07, 6.45) is 2.95. The molecule has 1 aliphatic carbocycles. The first kappa shape index (κ1) is 19.4. The van der Waals surface area contributed by atoms with Gasteiger partial charge in [0.25, 0.3) is 5.91 Å². The molecule has 0 aromatic carbocycles. The summed E-state index contributed by atoms with van der Waals surface area (Å²) in [7, 11) is 0. The van der Waals surface area contributed by atoms with Gasteiger partial charge in [0, 0.05) is 18.8 Å². The van der Waals surface area contributed by atoms with E-state index < -0.39 is 18.5 Å². The predicted octanol–water partition coefficient (Wildman–Crippen LogP) is 2.22. The lowest BCUT2D eigenvalue weighted by Crippen LogP contribution is -2.22. The lowest BCUT2D eigenvalue weighted by Gasteiger charge is -2.09. The molecule has 3 aromatic rings. The van der Waals surface area contributed by atoms with Gasteiger partial charge in [0.15, 0.2) is 5.65 Å². The van der Waals surface area contributed by atoms with E-state index in [0.29, 0.717) is 17.3 Å². The van der Waals surface area contributed by atoms with Crippen LogP contribution in [0, 0.1) is 5.92 Å². The summed E-state index contributed by atoms with van der Waals surface area (Å²) in [5, 5.41) is 10.8. The number of fused-ring (bicyclic) bond motifs is 1. The van der Waals surface area contributed by atoms with E-state index >= 15 is 0 Å². The molecule has 1 amide bonds. The topological polar surface area (TPSA) is 103 Å². The molecule has 8 nitrogen and oxygen atoms in total. The van der Waals surface area contributed by atoms with Crippen LogP contribution in [0.4, 0.5) is 13.2 Å². The SMILES string of the molecule is NC(c1cnn2cc(CNC(=O)c3cnn(CCC(F)(F)F)c3)nc2c1)C1CC1. The molecule has 0 saturated heterocycles. The second-order valence-electron chi connectivity index (χ2n) is 7.23. The molecule has 0 radical (unpaired) electrons. The lowest BCUT2D eigenvalue weighted by atomic mass is 10.1. The van der Waals surface area contributed by atoms with Crippen LogP contribution in [0.25, 0.3) is 5.65 Å². The zero-order valence-corrected chi connectivity index (χ0v) is 15.4. The number of hydrogen-bond acceptors (Lipinski definition) is 5. The molecule has 29 heavy (non-hydrogen) atoms. The third kappa shape index (κ3) is 4.73. The first-order valence-corrected chi connectivity index (χ1v) is 9.26. The number of amides is 1. The van der Waals surface area contributed by atoms with E-state index in [1.807, 2.05) is 6.07 Å². The van der Waals surface area contributed by atoms with Crippen molar-refractivity contribution in [3.8, 4) is 0 Å². The summed E-state index contributed by atoms with van der Waals surface area (Å²) in [5.74, 6) is 0.0646. The average Bonchev–Trinajstić information content (AvgIpc) is 3.27. The number of rotatable bonds is 7. The third-order valence-electron chi connectivity index (χ3n) is 4.86. The van der Waals surface area contributed by atoms with Crippen LogP contribution in [0.2, 0.25) is 0 Å². The molecule has 1 fully saturated rings. The van der Waals surface area contributed by atoms with Gasteiger partial charge in [-0.1, -0.05) is 0 Å². The lowest BCUT2D eigenvalue weighted by molar-refractivity contribution is -0.137. The normalized spacial score (nSPS) is 15.6. The molecular formula is C18H20F3N7O.